The minimum absolute atomic E-state index is 0.143. The molecular formula is C13H19N5. The highest BCUT2D eigenvalue weighted by Gasteiger charge is 2.37. The van der Waals surface area contributed by atoms with E-state index in [0.29, 0.717) is 5.82 Å². The summed E-state index contributed by atoms with van der Waals surface area (Å²) < 4.78 is 0. The van der Waals surface area contributed by atoms with Crippen molar-refractivity contribution in [3.05, 3.63) is 18.0 Å². The van der Waals surface area contributed by atoms with Crippen LogP contribution >= 0.6 is 0 Å². The molecule has 96 valence electrons. The molecule has 5 heteroatoms. The van der Waals surface area contributed by atoms with Crippen molar-refractivity contribution in [1.82, 2.24) is 20.3 Å². The van der Waals surface area contributed by atoms with E-state index in [2.05, 4.69) is 27.2 Å². The van der Waals surface area contributed by atoms with Crippen LogP contribution in [0.25, 0.3) is 11.2 Å². The number of hydrogen-bond donors (Lipinski definition) is 3. The van der Waals surface area contributed by atoms with E-state index in [1.165, 1.54) is 0 Å². The number of imidazole rings is 1. The van der Waals surface area contributed by atoms with Gasteiger partial charge in [0.1, 0.15) is 11.6 Å². The van der Waals surface area contributed by atoms with Crippen molar-refractivity contribution < 1.29 is 0 Å². The van der Waals surface area contributed by atoms with Crippen LogP contribution in [0.5, 0.6) is 0 Å². The minimum atomic E-state index is 0.143. The zero-order valence-corrected chi connectivity index (χ0v) is 10.7. The Balaban J connectivity index is 2.06. The van der Waals surface area contributed by atoms with Crippen LogP contribution in [0.2, 0.25) is 0 Å². The molecule has 1 fully saturated rings. The zero-order chi connectivity index (χ0) is 12.6. The molecule has 3 heterocycles. The number of nitrogen functional groups attached to an aromatic ring is 1. The fraction of sp³-hybridized carbons (Fsp3) is 0.538. The molecule has 4 N–H and O–H groups in total. The van der Waals surface area contributed by atoms with Gasteiger partial charge < -0.3 is 16.0 Å². The lowest BCUT2D eigenvalue weighted by Crippen LogP contribution is -2.30. The molecule has 1 saturated heterocycles. The largest absolute Gasteiger partial charge is 0.384 e. The van der Waals surface area contributed by atoms with Gasteiger partial charge in [0.05, 0.1) is 5.52 Å². The van der Waals surface area contributed by atoms with Crippen LogP contribution < -0.4 is 11.1 Å². The molecule has 3 rings (SSSR count). The number of aromatic amines is 1. The SMILES string of the molecule is CCCC1(c2nc3nc(N)ccc3[nH]2)CCNC1. The molecule has 0 bridgehead atoms. The third-order valence-corrected chi connectivity index (χ3v) is 3.84. The molecule has 1 unspecified atom stereocenters. The Kier molecular flexibility index (Phi) is 2.70. The predicted octanol–water partition coefficient (Wildman–Crippen LogP) is 1.57. The van der Waals surface area contributed by atoms with Crippen molar-refractivity contribution in [3.63, 3.8) is 0 Å². The van der Waals surface area contributed by atoms with Crippen LogP contribution in [-0.2, 0) is 5.41 Å². The van der Waals surface area contributed by atoms with Crippen LogP contribution in [-0.4, -0.2) is 28.0 Å². The zero-order valence-electron chi connectivity index (χ0n) is 10.7. The molecule has 1 aliphatic rings. The number of nitrogens with two attached hydrogens (primary N) is 1. The number of hydrogen-bond acceptors (Lipinski definition) is 4. The van der Waals surface area contributed by atoms with E-state index in [9.17, 15) is 0 Å². The maximum absolute atomic E-state index is 5.70. The number of aromatic nitrogens is 3. The Morgan fingerprint density at radius 3 is 3.00 bits per heavy atom. The quantitative estimate of drug-likeness (QED) is 0.767. The van der Waals surface area contributed by atoms with Crippen molar-refractivity contribution in [2.24, 2.45) is 0 Å². The summed E-state index contributed by atoms with van der Waals surface area (Å²) in [6, 6.07) is 3.76. The van der Waals surface area contributed by atoms with Gasteiger partial charge in [-0.1, -0.05) is 13.3 Å². The molecule has 0 spiro atoms. The fourth-order valence-electron chi connectivity index (χ4n) is 2.91. The number of pyridine rings is 1. The monoisotopic (exact) mass is 245 g/mol. The average Bonchev–Trinajstić information content (AvgIpc) is 2.95. The molecular weight excluding hydrogens is 226 g/mol. The minimum Gasteiger partial charge on any atom is -0.384 e. The summed E-state index contributed by atoms with van der Waals surface area (Å²) in [5.74, 6) is 1.58. The normalized spacial score (nSPS) is 23.8. The summed E-state index contributed by atoms with van der Waals surface area (Å²) in [5.41, 5.74) is 7.55. The maximum Gasteiger partial charge on any atom is 0.179 e. The van der Waals surface area contributed by atoms with Gasteiger partial charge in [0.15, 0.2) is 5.65 Å². The first-order chi connectivity index (χ1) is 8.73. The van der Waals surface area contributed by atoms with Crippen LogP contribution in [0, 0.1) is 0 Å². The van der Waals surface area contributed by atoms with E-state index in [1.54, 1.807) is 0 Å². The Bertz CT molecular complexity index is 554. The summed E-state index contributed by atoms with van der Waals surface area (Å²) in [7, 11) is 0. The Morgan fingerprint density at radius 1 is 1.39 bits per heavy atom. The highest BCUT2D eigenvalue weighted by molar-refractivity contribution is 5.72. The highest BCUT2D eigenvalue weighted by Crippen LogP contribution is 2.34. The number of nitrogens with one attached hydrogen (secondary N) is 2. The van der Waals surface area contributed by atoms with Crippen LogP contribution in [0.1, 0.15) is 32.0 Å². The molecule has 0 radical (unpaired) electrons. The lowest BCUT2D eigenvalue weighted by atomic mass is 9.82. The van der Waals surface area contributed by atoms with Crippen molar-refractivity contribution in [1.29, 1.82) is 0 Å². The second-order valence-corrected chi connectivity index (χ2v) is 5.15. The molecule has 0 amide bonds. The highest BCUT2D eigenvalue weighted by atomic mass is 15.0. The van der Waals surface area contributed by atoms with E-state index in [4.69, 9.17) is 5.73 Å². The van der Waals surface area contributed by atoms with Crippen molar-refractivity contribution in [3.8, 4) is 0 Å². The topological polar surface area (TPSA) is 79.6 Å². The predicted molar refractivity (Wildman–Crippen MR) is 72.4 cm³/mol. The number of H-pyrrole nitrogens is 1. The smallest absolute Gasteiger partial charge is 0.179 e. The van der Waals surface area contributed by atoms with Gasteiger partial charge in [-0.05, 0) is 31.5 Å². The summed E-state index contributed by atoms with van der Waals surface area (Å²) in [5, 5.41) is 3.45. The Morgan fingerprint density at radius 2 is 2.28 bits per heavy atom. The van der Waals surface area contributed by atoms with Crippen molar-refractivity contribution >= 4 is 17.0 Å². The summed E-state index contributed by atoms with van der Waals surface area (Å²) in [6.45, 7) is 4.28. The van der Waals surface area contributed by atoms with Gasteiger partial charge in [-0.2, -0.15) is 0 Å². The lowest BCUT2D eigenvalue weighted by molar-refractivity contribution is 0.406. The first-order valence-corrected chi connectivity index (χ1v) is 6.57. The van der Waals surface area contributed by atoms with Gasteiger partial charge in [0.2, 0.25) is 0 Å². The number of anilines is 1. The molecule has 0 aromatic carbocycles. The van der Waals surface area contributed by atoms with E-state index < -0.39 is 0 Å². The summed E-state index contributed by atoms with van der Waals surface area (Å²) in [6.07, 6.45) is 3.44. The van der Waals surface area contributed by atoms with Gasteiger partial charge in [-0.3, -0.25) is 0 Å². The molecule has 2 aromatic rings. The van der Waals surface area contributed by atoms with E-state index in [0.717, 1.165) is 49.3 Å². The number of rotatable bonds is 3. The van der Waals surface area contributed by atoms with E-state index in [-0.39, 0.29) is 5.41 Å². The summed E-state index contributed by atoms with van der Waals surface area (Å²) >= 11 is 0. The third-order valence-electron chi connectivity index (χ3n) is 3.84. The van der Waals surface area contributed by atoms with Crippen molar-refractivity contribution in [2.75, 3.05) is 18.8 Å². The second-order valence-electron chi connectivity index (χ2n) is 5.15. The van der Waals surface area contributed by atoms with E-state index >= 15 is 0 Å². The molecule has 2 aromatic heterocycles. The van der Waals surface area contributed by atoms with Crippen molar-refractivity contribution in [2.45, 2.75) is 31.6 Å². The molecule has 18 heavy (non-hydrogen) atoms. The fourth-order valence-corrected chi connectivity index (χ4v) is 2.91. The lowest BCUT2D eigenvalue weighted by Gasteiger charge is -2.25. The van der Waals surface area contributed by atoms with Crippen LogP contribution in [0.4, 0.5) is 5.82 Å². The summed E-state index contributed by atoms with van der Waals surface area (Å²) in [4.78, 5) is 12.4. The van der Waals surface area contributed by atoms with Gasteiger partial charge in [-0.15, -0.1) is 0 Å². The second kappa shape index (κ2) is 4.24. The first kappa shape index (κ1) is 11.5. The van der Waals surface area contributed by atoms with Crippen LogP contribution in [0.3, 0.4) is 0 Å². The molecule has 0 saturated carbocycles. The molecule has 0 aliphatic carbocycles. The number of fused-ring (bicyclic) bond motifs is 1. The van der Waals surface area contributed by atoms with Crippen LogP contribution in [0.15, 0.2) is 12.1 Å². The molecule has 5 nitrogen and oxygen atoms in total. The maximum atomic E-state index is 5.70. The van der Waals surface area contributed by atoms with Gasteiger partial charge >= 0.3 is 0 Å². The van der Waals surface area contributed by atoms with E-state index in [1.807, 2.05) is 12.1 Å². The van der Waals surface area contributed by atoms with Gasteiger partial charge in [0, 0.05) is 12.0 Å². The first-order valence-electron chi connectivity index (χ1n) is 6.57. The average molecular weight is 245 g/mol. The molecule has 1 atom stereocenters. The Labute approximate surface area is 106 Å². The Hall–Kier alpha value is -1.62. The standard InChI is InChI=1S/C13H19N5/c1-2-5-13(6-7-15-8-13)12-16-9-3-4-10(14)17-11(9)18-12/h3-4,15H,2,5-8H2,1H3,(H3,14,16,17,18). The molecule has 1 aliphatic heterocycles. The number of nitrogens with zero attached hydrogens (tertiary/aromatic N) is 2. The third kappa shape index (κ3) is 1.75. The van der Waals surface area contributed by atoms with Gasteiger partial charge in [-0.25, -0.2) is 9.97 Å². The van der Waals surface area contributed by atoms with Gasteiger partial charge in [0.25, 0.3) is 0 Å².